The van der Waals surface area contributed by atoms with E-state index in [0.717, 1.165) is 40.8 Å². The van der Waals surface area contributed by atoms with Crippen LogP contribution < -0.4 is 10.9 Å². The fourth-order valence-electron chi connectivity index (χ4n) is 4.08. The Kier molecular flexibility index (Phi) is 6.75. The van der Waals surface area contributed by atoms with Crippen LogP contribution in [0.25, 0.3) is 21.3 Å². The van der Waals surface area contributed by atoms with Crippen LogP contribution in [0.3, 0.4) is 0 Å². The molecule has 0 aliphatic rings. The summed E-state index contributed by atoms with van der Waals surface area (Å²) in [7, 11) is 0. The average Bonchev–Trinajstić information content (AvgIpc) is 3.26. The molecule has 0 unspecified atom stereocenters. The maximum Gasteiger partial charge on any atom is 0.263 e. The number of aryl methyl sites for hydroxylation is 2. The molecule has 4 aromatic rings. The zero-order chi connectivity index (χ0) is 23.5. The van der Waals surface area contributed by atoms with Crippen molar-refractivity contribution < 1.29 is 4.79 Å². The van der Waals surface area contributed by atoms with E-state index in [1.807, 2.05) is 35.7 Å². The molecule has 0 spiro atoms. The van der Waals surface area contributed by atoms with Crippen LogP contribution >= 0.6 is 11.3 Å². The van der Waals surface area contributed by atoms with Crippen molar-refractivity contribution in [3.8, 4) is 11.1 Å². The molecule has 2 aromatic carbocycles. The molecule has 0 atom stereocenters. The lowest BCUT2D eigenvalue weighted by molar-refractivity contribution is -0.116. The molecular formula is C27H29N3O2S. The number of carbonyl (C=O) groups excluding carboxylic acids is 1. The second-order valence-corrected chi connectivity index (χ2v) is 9.35. The van der Waals surface area contributed by atoms with E-state index in [2.05, 4.69) is 50.1 Å². The summed E-state index contributed by atoms with van der Waals surface area (Å²) >= 11 is 1.45. The average molecular weight is 460 g/mol. The number of fused-ring (bicyclic) bond motifs is 1. The van der Waals surface area contributed by atoms with E-state index < -0.39 is 0 Å². The number of amides is 1. The van der Waals surface area contributed by atoms with Gasteiger partial charge in [0.05, 0.1) is 11.7 Å². The Hall–Kier alpha value is -3.25. The van der Waals surface area contributed by atoms with Crippen LogP contribution in [0.1, 0.15) is 50.3 Å². The van der Waals surface area contributed by atoms with Crippen LogP contribution in [0.5, 0.6) is 0 Å². The van der Waals surface area contributed by atoms with Gasteiger partial charge < -0.3 is 5.32 Å². The van der Waals surface area contributed by atoms with Crippen molar-refractivity contribution >= 4 is 33.1 Å². The number of aromatic nitrogens is 2. The van der Waals surface area contributed by atoms with Gasteiger partial charge in [0.15, 0.2) is 0 Å². The largest absolute Gasteiger partial charge is 0.324 e. The fourth-order valence-corrected chi connectivity index (χ4v) is 4.98. The molecule has 2 heterocycles. The van der Waals surface area contributed by atoms with Crippen LogP contribution in [0.4, 0.5) is 5.69 Å². The second kappa shape index (κ2) is 9.71. The van der Waals surface area contributed by atoms with Crippen molar-refractivity contribution in [1.82, 2.24) is 9.55 Å². The molecule has 0 aliphatic heterocycles. The number of thiophene rings is 1. The van der Waals surface area contributed by atoms with Gasteiger partial charge in [-0.1, -0.05) is 70.2 Å². The fraction of sp³-hybridized carbons (Fsp3) is 0.296. The first-order valence-corrected chi connectivity index (χ1v) is 12.3. The second-order valence-electron chi connectivity index (χ2n) is 8.49. The number of anilines is 1. The number of carbonyl (C=O) groups is 1. The van der Waals surface area contributed by atoms with E-state index in [9.17, 15) is 9.59 Å². The molecule has 5 nitrogen and oxygen atoms in total. The van der Waals surface area contributed by atoms with E-state index in [1.54, 1.807) is 0 Å². The van der Waals surface area contributed by atoms with Gasteiger partial charge in [-0.3, -0.25) is 14.2 Å². The third kappa shape index (κ3) is 4.62. The number of nitrogens with zero attached hydrogens (tertiary/aromatic N) is 2. The van der Waals surface area contributed by atoms with Crippen LogP contribution in [0, 0.1) is 0 Å². The van der Waals surface area contributed by atoms with Gasteiger partial charge in [-0.2, -0.15) is 0 Å². The lowest BCUT2D eigenvalue weighted by atomic mass is 9.99. The van der Waals surface area contributed by atoms with Gasteiger partial charge >= 0.3 is 0 Å². The van der Waals surface area contributed by atoms with Crippen molar-refractivity contribution in [2.24, 2.45) is 0 Å². The van der Waals surface area contributed by atoms with Gasteiger partial charge in [-0.25, -0.2) is 4.98 Å². The van der Waals surface area contributed by atoms with Gasteiger partial charge in [-0.05, 0) is 41.0 Å². The SMILES string of the molecule is CCc1cccc(CC)c1NC(=O)Cn1cnc2scc(-c3ccc(C(C)C)cc3)c2c1=O. The van der Waals surface area contributed by atoms with Crippen molar-refractivity contribution in [3.63, 3.8) is 0 Å². The smallest absolute Gasteiger partial charge is 0.263 e. The van der Waals surface area contributed by atoms with Crippen LogP contribution in [-0.2, 0) is 24.2 Å². The van der Waals surface area contributed by atoms with E-state index in [0.29, 0.717) is 16.1 Å². The van der Waals surface area contributed by atoms with Crippen LogP contribution in [0.2, 0.25) is 0 Å². The first-order chi connectivity index (χ1) is 15.9. The molecule has 0 radical (unpaired) electrons. The molecule has 0 saturated heterocycles. The Morgan fingerprint density at radius 2 is 1.73 bits per heavy atom. The molecule has 0 aliphatic carbocycles. The summed E-state index contributed by atoms with van der Waals surface area (Å²) in [6.07, 6.45) is 3.12. The Morgan fingerprint density at radius 1 is 1.06 bits per heavy atom. The molecular weight excluding hydrogens is 430 g/mol. The van der Waals surface area contributed by atoms with Crippen molar-refractivity contribution in [2.45, 2.75) is 53.0 Å². The highest BCUT2D eigenvalue weighted by Gasteiger charge is 2.16. The monoisotopic (exact) mass is 459 g/mol. The predicted molar refractivity (Wildman–Crippen MR) is 137 cm³/mol. The molecule has 0 fully saturated rings. The maximum atomic E-state index is 13.3. The minimum atomic E-state index is -0.230. The van der Waals surface area contributed by atoms with E-state index in [1.165, 1.54) is 27.8 Å². The number of hydrogen-bond donors (Lipinski definition) is 1. The molecule has 4 rings (SSSR count). The normalized spacial score (nSPS) is 11.3. The van der Waals surface area contributed by atoms with Crippen LogP contribution in [-0.4, -0.2) is 15.5 Å². The maximum absolute atomic E-state index is 13.3. The lowest BCUT2D eigenvalue weighted by Crippen LogP contribution is -2.28. The zero-order valence-corrected chi connectivity index (χ0v) is 20.3. The predicted octanol–water partition coefficient (Wildman–Crippen LogP) is 6.01. The highest BCUT2D eigenvalue weighted by atomic mass is 32.1. The van der Waals surface area contributed by atoms with Gasteiger partial charge in [0.25, 0.3) is 5.56 Å². The number of para-hydroxylation sites is 1. The van der Waals surface area contributed by atoms with Gasteiger partial charge in [-0.15, -0.1) is 11.3 Å². The molecule has 1 amide bonds. The van der Waals surface area contributed by atoms with E-state index in [-0.39, 0.29) is 18.0 Å². The first kappa shape index (κ1) is 22.9. The first-order valence-electron chi connectivity index (χ1n) is 11.4. The number of benzene rings is 2. The van der Waals surface area contributed by atoms with Gasteiger partial charge in [0.1, 0.15) is 11.4 Å². The van der Waals surface area contributed by atoms with Crippen LogP contribution in [0.15, 0.2) is 59.0 Å². The summed E-state index contributed by atoms with van der Waals surface area (Å²) < 4.78 is 1.40. The highest BCUT2D eigenvalue weighted by Crippen LogP contribution is 2.31. The Labute approximate surface area is 198 Å². The molecule has 6 heteroatoms. The van der Waals surface area contributed by atoms with Crippen molar-refractivity contribution in [2.75, 3.05) is 5.32 Å². The summed E-state index contributed by atoms with van der Waals surface area (Å²) in [5.74, 6) is 0.216. The number of nitrogens with one attached hydrogen (secondary N) is 1. The summed E-state index contributed by atoms with van der Waals surface area (Å²) in [6, 6.07) is 14.4. The van der Waals surface area contributed by atoms with E-state index >= 15 is 0 Å². The Morgan fingerprint density at radius 3 is 2.33 bits per heavy atom. The quantitative estimate of drug-likeness (QED) is 0.368. The summed E-state index contributed by atoms with van der Waals surface area (Å²) in [5, 5.41) is 5.57. The number of rotatable bonds is 7. The Bertz CT molecular complexity index is 1330. The van der Waals surface area contributed by atoms with Crippen molar-refractivity contribution in [1.29, 1.82) is 0 Å². The third-order valence-corrected chi connectivity index (χ3v) is 6.91. The highest BCUT2D eigenvalue weighted by molar-refractivity contribution is 7.17. The summed E-state index contributed by atoms with van der Waals surface area (Å²) in [4.78, 5) is 31.4. The topological polar surface area (TPSA) is 64.0 Å². The van der Waals surface area contributed by atoms with Gasteiger partial charge in [0, 0.05) is 16.6 Å². The zero-order valence-electron chi connectivity index (χ0n) is 19.5. The molecule has 0 bridgehead atoms. The molecule has 0 saturated carbocycles. The van der Waals surface area contributed by atoms with Gasteiger partial charge in [0.2, 0.25) is 5.91 Å². The minimum Gasteiger partial charge on any atom is -0.324 e. The summed E-state index contributed by atoms with van der Waals surface area (Å²) in [6.45, 7) is 8.37. The molecule has 2 aromatic heterocycles. The summed E-state index contributed by atoms with van der Waals surface area (Å²) in [5.41, 5.74) is 5.94. The molecule has 1 N–H and O–H groups in total. The Balaban J connectivity index is 1.65. The minimum absolute atomic E-state index is 0.0788. The van der Waals surface area contributed by atoms with E-state index in [4.69, 9.17) is 0 Å². The number of hydrogen-bond acceptors (Lipinski definition) is 4. The molecule has 170 valence electrons. The van der Waals surface area contributed by atoms with Crippen molar-refractivity contribution in [3.05, 3.63) is 81.2 Å². The lowest BCUT2D eigenvalue weighted by Gasteiger charge is -2.15. The third-order valence-electron chi connectivity index (χ3n) is 6.03. The molecule has 33 heavy (non-hydrogen) atoms. The standard InChI is InChI=1S/C27H29N3O2S/c1-5-18-8-7-9-19(6-2)25(18)29-23(31)14-30-16-28-26-24(27(30)32)22(15-33-26)21-12-10-20(11-13-21)17(3)4/h7-13,15-17H,5-6,14H2,1-4H3,(H,29,31).